The summed E-state index contributed by atoms with van der Waals surface area (Å²) < 4.78 is 2.00. The normalized spacial score (nSPS) is 11.1. The fraction of sp³-hybridized carbons (Fsp3) is 0.286. The van der Waals surface area contributed by atoms with Crippen molar-refractivity contribution in [2.24, 2.45) is 10.2 Å². The molecule has 0 aliphatic rings. The van der Waals surface area contributed by atoms with E-state index in [0.717, 1.165) is 35.2 Å². The smallest absolute Gasteiger partial charge is 0.234 e. The van der Waals surface area contributed by atoms with Crippen molar-refractivity contribution < 1.29 is 4.79 Å². The Morgan fingerprint density at radius 3 is 2.48 bits per heavy atom. The lowest BCUT2D eigenvalue weighted by molar-refractivity contribution is -0.113. The van der Waals surface area contributed by atoms with E-state index in [4.69, 9.17) is 0 Å². The summed E-state index contributed by atoms with van der Waals surface area (Å²) in [4.78, 5) is 12.2. The topological polar surface area (TPSA) is 84.5 Å². The van der Waals surface area contributed by atoms with Crippen LogP contribution in [0.25, 0.3) is 0 Å². The monoisotopic (exact) mass is 408 g/mol. The summed E-state index contributed by atoms with van der Waals surface area (Å²) in [7, 11) is 0. The van der Waals surface area contributed by atoms with Crippen molar-refractivity contribution in [1.29, 1.82) is 0 Å². The van der Waals surface area contributed by atoms with Gasteiger partial charge < -0.3 is 9.88 Å². The number of unbranched alkanes of at least 4 members (excludes halogenated alkanes) is 2. The van der Waals surface area contributed by atoms with Gasteiger partial charge in [-0.15, -0.1) is 10.2 Å². The number of rotatable bonds is 10. The molecule has 3 rings (SSSR count). The number of hydrogen-bond acceptors (Lipinski definition) is 6. The van der Waals surface area contributed by atoms with Gasteiger partial charge in [0.2, 0.25) is 5.91 Å². The van der Waals surface area contributed by atoms with E-state index in [2.05, 4.69) is 32.7 Å². The van der Waals surface area contributed by atoms with E-state index in [0.29, 0.717) is 0 Å². The highest BCUT2D eigenvalue weighted by atomic mass is 32.2. The molecule has 3 aromatic rings. The van der Waals surface area contributed by atoms with Gasteiger partial charge in [0.25, 0.3) is 0 Å². The average Bonchev–Trinajstić information content (AvgIpc) is 3.20. The van der Waals surface area contributed by atoms with E-state index >= 15 is 0 Å². The number of nitrogens with one attached hydrogen (secondary N) is 1. The minimum atomic E-state index is -0.0863. The van der Waals surface area contributed by atoms with Gasteiger partial charge in [0.05, 0.1) is 17.1 Å². The van der Waals surface area contributed by atoms with E-state index in [-0.39, 0.29) is 11.7 Å². The predicted molar refractivity (Wildman–Crippen MR) is 116 cm³/mol. The third-order valence-corrected chi connectivity index (χ3v) is 5.08. The van der Waals surface area contributed by atoms with Crippen LogP contribution in [0.1, 0.15) is 26.2 Å². The van der Waals surface area contributed by atoms with Gasteiger partial charge in [0, 0.05) is 12.2 Å². The number of anilines is 1. The molecule has 29 heavy (non-hydrogen) atoms. The zero-order valence-electron chi connectivity index (χ0n) is 16.4. The number of azo groups is 1. The summed E-state index contributed by atoms with van der Waals surface area (Å²) in [5.74, 6) is 0.193. The number of aryl methyl sites for hydroxylation is 1. The molecule has 0 unspecified atom stereocenters. The molecule has 0 bridgehead atoms. The van der Waals surface area contributed by atoms with Crippen LogP contribution in [0.4, 0.5) is 17.1 Å². The number of carbonyl (C=O) groups is 1. The zero-order chi connectivity index (χ0) is 20.3. The second kappa shape index (κ2) is 11.1. The van der Waals surface area contributed by atoms with Crippen molar-refractivity contribution in [3.63, 3.8) is 0 Å². The summed E-state index contributed by atoms with van der Waals surface area (Å²) in [6, 6.07) is 16.8. The molecule has 150 valence electrons. The molecular weight excluding hydrogens is 384 g/mol. The van der Waals surface area contributed by atoms with Crippen LogP contribution >= 0.6 is 11.8 Å². The van der Waals surface area contributed by atoms with E-state index in [1.54, 1.807) is 6.33 Å². The Morgan fingerprint density at radius 1 is 1.03 bits per heavy atom. The highest BCUT2D eigenvalue weighted by Gasteiger charge is 2.09. The van der Waals surface area contributed by atoms with Crippen LogP contribution in [0.5, 0.6) is 0 Å². The van der Waals surface area contributed by atoms with Gasteiger partial charge in [-0.1, -0.05) is 49.7 Å². The first-order valence-corrected chi connectivity index (χ1v) is 10.6. The molecule has 0 spiro atoms. The largest absolute Gasteiger partial charge is 0.325 e. The quantitative estimate of drug-likeness (QED) is 0.268. The number of amides is 1. The maximum Gasteiger partial charge on any atom is 0.234 e. The molecule has 1 N–H and O–H groups in total. The van der Waals surface area contributed by atoms with Crippen LogP contribution in [0.15, 0.2) is 76.3 Å². The molecule has 1 amide bonds. The van der Waals surface area contributed by atoms with Crippen LogP contribution in [-0.4, -0.2) is 26.4 Å². The first-order valence-electron chi connectivity index (χ1n) is 9.62. The molecular formula is C21H24N6OS. The molecule has 0 aliphatic carbocycles. The third-order valence-electron chi connectivity index (χ3n) is 4.10. The first kappa shape index (κ1) is 20.7. The van der Waals surface area contributed by atoms with Crippen molar-refractivity contribution in [1.82, 2.24) is 14.8 Å². The second-order valence-electron chi connectivity index (χ2n) is 6.43. The fourth-order valence-electron chi connectivity index (χ4n) is 2.59. The minimum absolute atomic E-state index is 0.0863. The number of benzene rings is 2. The van der Waals surface area contributed by atoms with Crippen molar-refractivity contribution in [3.8, 4) is 0 Å². The molecule has 2 aromatic carbocycles. The van der Waals surface area contributed by atoms with Gasteiger partial charge in [0.1, 0.15) is 6.33 Å². The van der Waals surface area contributed by atoms with Crippen molar-refractivity contribution >= 4 is 34.7 Å². The summed E-state index contributed by atoms with van der Waals surface area (Å²) in [5, 5.41) is 20.1. The molecule has 0 atom stereocenters. The van der Waals surface area contributed by atoms with Crippen molar-refractivity contribution in [3.05, 3.63) is 60.9 Å². The van der Waals surface area contributed by atoms with Crippen LogP contribution in [0.2, 0.25) is 0 Å². The average molecular weight is 409 g/mol. The molecule has 7 nitrogen and oxygen atoms in total. The number of nitrogens with zero attached hydrogens (tertiary/aromatic N) is 5. The molecule has 0 fully saturated rings. The molecule has 1 heterocycles. The Kier molecular flexibility index (Phi) is 7.94. The summed E-state index contributed by atoms with van der Waals surface area (Å²) >= 11 is 1.39. The van der Waals surface area contributed by atoms with E-state index in [9.17, 15) is 4.79 Å². The van der Waals surface area contributed by atoms with Crippen LogP contribution in [0.3, 0.4) is 0 Å². The SMILES string of the molecule is CCCCCn1cnnc1SCC(=O)Nc1ccc(N=Nc2ccccc2)cc1. The molecule has 0 saturated heterocycles. The lowest BCUT2D eigenvalue weighted by Gasteiger charge is -2.07. The molecule has 0 radical (unpaired) electrons. The predicted octanol–water partition coefficient (Wildman–Crippen LogP) is 5.61. The summed E-state index contributed by atoms with van der Waals surface area (Å²) in [6.45, 7) is 3.05. The van der Waals surface area contributed by atoms with Crippen molar-refractivity contribution in [2.45, 2.75) is 37.9 Å². The Hall–Kier alpha value is -3.00. The minimum Gasteiger partial charge on any atom is -0.325 e. The molecule has 1 aromatic heterocycles. The number of hydrogen-bond donors (Lipinski definition) is 1. The molecule has 8 heteroatoms. The highest BCUT2D eigenvalue weighted by molar-refractivity contribution is 7.99. The fourth-order valence-corrected chi connectivity index (χ4v) is 3.33. The Morgan fingerprint density at radius 2 is 1.76 bits per heavy atom. The number of thioether (sulfide) groups is 1. The Labute approximate surface area is 174 Å². The van der Waals surface area contributed by atoms with E-state index in [1.807, 2.05) is 59.2 Å². The third kappa shape index (κ3) is 6.83. The first-order chi connectivity index (χ1) is 14.2. The second-order valence-corrected chi connectivity index (χ2v) is 7.38. The van der Waals surface area contributed by atoms with Gasteiger partial charge in [-0.05, 0) is 42.8 Å². The van der Waals surface area contributed by atoms with Crippen LogP contribution in [0, 0.1) is 0 Å². The number of aromatic nitrogens is 3. The van der Waals surface area contributed by atoms with Crippen LogP contribution in [-0.2, 0) is 11.3 Å². The van der Waals surface area contributed by atoms with Gasteiger partial charge in [-0.2, -0.15) is 10.2 Å². The van der Waals surface area contributed by atoms with Gasteiger partial charge in [-0.3, -0.25) is 4.79 Å². The summed E-state index contributed by atoms with van der Waals surface area (Å²) in [5.41, 5.74) is 2.24. The van der Waals surface area contributed by atoms with E-state index < -0.39 is 0 Å². The Bertz CT molecular complexity index is 924. The van der Waals surface area contributed by atoms with E-state index in [1.165, 1.54) is 24.6 Å². The lowest BCUT2D eigenvalue weighted by atomic mass is 10.2. The van der Waals surface area contributed by atoms with Crippen molar-refractivity contribution in [2.75, 3.05) is 11.1 Å². The van der Waals surface area contributed by atoms with Gasteiger partial charge in [-0.25, -0.2) is 0 Å². The maximum atomic E-state index is 12.2. The molecule has 0 aliphatic heterocycles. The molecule has 0 saturated carbocycles. The zero-order valence-corrected chi connectivity index (χ0v) is 17.2. The lowest BCUT2D eigenvalue weighted by Crippen LogP contribution is -2.14. The Balaban J connectivity index is 1.47. The van der Waals surface area contributed by atoms with Gasteiger partial charge >= 0.3 is 0 Å². The highest BCUT2D eigenvalue weighted by Crippen LogP contribution is 2.21. The van der Waals surface area contributed by atoms with Crippen LogP contribution < -0.4 is 5.32 Å². The maximum absolute atomic E-state index is 12.2. The van der Waals surface area contributed by atoms with Gasteiger partial charge in [0.15, 0.2) is 5.16 Å². The summed E-state index contributed by atoms with van der Waals surface area (Å²) in [6.07, 6.45) is 5.14. The number of carbonyl (C=O) groups excluding carboxylic acids is 1. The standard InChI is InChI=1S/C21H24N6OS/c1-2-3-7-14-27-16-22-26-21(27)29-15-20(28)23-17-10-12-19(13-11-17)25-24-18-8-5-4-6-9-18/h4-6,8-13,16H,2-3,7,14-15H2,1H3,(H,23,28).